The van der Waals surface area contributed by atoms with Crippen molar-refractivity contribution < 1.29 is 4.79 Å². The molecule has 2 heterocycles. The average Bonchev–Trinajstić information content (AvgIpc) is 3.24. The van der Waals surface area contributed by atoms with Crippen LogP contribution in [0.25, 0.3) is 0 Å². The van der Waals surface area contributed by atoms with Crippen molar-refractivity contribution in [2.45, 2.75) is 44.1 Å². The van der Waals surface area contributed by atoms with E-state index in [0.717, 1.165) is 44.6 Å². The van der Waals surface area contributed by atoms with Gasteiger partial charge in [-0.2, -0.15) is 0 Å². The molecule has 2 aliphatic heterocycles. The second-order valence-corrected chi connectivity index (χ2v) is 9.31. The van der Waals surface area contributed by atoms with Crippen molar-refractivity contribution in [1.82, 2.24) is 9.80 Å². The van der Waals surface area contributed by atoms with Crippen molar-refractivity contribution in [2.75, 3.05) is 26.2 Å². The highest BCUT2D eigenvalue weighted by molar-refractivity contribution is 6.42. The van der Waals surface area contributed by atoms with E-state index in [9.17, 15) is 4.79 Å². The molecule has 2 fully saturated rings. The Balaban J connectivity index is 1.67. The summed E-state index contributed by atoms with van der Waals surface area (Å²) in [5.74, 6) is 0.190. The molecular formula is C24H28Cl2N2O. The molecule has 1 unspecified atom stereocenters. The fourth-order valence-electron chi connectivity index (χ4n) is 4.80. The van der Waals surface area contributed by atoms with Crippen LogP contribution in [0.4, 0.5) is 0 Å². The molecule has 0 bridgehead atoms. The molecule has 4 rings (SSSR count). The van der Waals surface area contributed by atoms with Crippen LogP contribution in [0.2, 0.25) is 10.0 Å². The lowest BCUT2D eigenvalue weighted by molar-refractivity contribution is -0.143. The molecule has 0 spiro atoms. The standard InChI is InChI=1S/C24H28Cl2N2O/c1-24(19-10-11-20(25)21(26)16-19)12-7-15-28(23(24)29)22(17-27-13-5-6-14-27)18-8-3-2-4-9-18/h2-4,8-11,16,22H,5-7,12-15,17H2,1H3/t22?,24-/m0/s1. The van der Waals surface area contributed by atoms with Gasteiger partial charge in [-0.05, 0) is 69.0 Å². The third-order valence-corrected chi connectivity index (χ3v) is 7.29. The molecule has 0 radical (unpaired) electrons. The van der Waals surface area contributed by atoms with Gasteiger partial charge in [0.05, 0.1) is 21.5 Å². The van der Waals surface area contributed by atoms with Gasteiger partial charge in [-0.3, -0.25) is 4.79 Å². The third-order valence-electron chi connectivity index (χ3n) is 6.56. The summed E-state index contributed by atoms with van der Waals surface area (Å²) in [4.78, 5) is 18.5. The number of hydrogen-bond donors (Lipinski definition) is 0. The van der Waals surface area contributed by atoms with Crippen LogP contribution in [0.15, 0.2) is 48.5 Å². The molecule has 0 aromatic heterocycles. The van der Waals surface area contributed by atoms with Gasteiger partial charge in [-0.1, -0.05) is 59.6 Å². The van der Waals surface area contributed by atoms with Crippen LogP contribution in [0.1, 0.15) is 49.8 Å². The minimum Gasteiger partial charge on any atom is -0.334 e. The van der Waals surface area contributed by atoms with Crippen LogP contribution >= 0.6 is 23.2 Å². The van der Waals surface area contributed by atoms with Gasteiger partial charge < -0.3 is 9.80 Å². The maximum atomic E-state index is 13.9. The topological polar surface area (TPSA) is 23.6 Å². The normalized spacial score (nSPS) is 24.1. The molecule has 2 aliphatic rings. The van der Waals surface area contributed by atoms with Gasteiger partial charge in [-0.15, -0.1) is 0 Å². The van der Waals surface area contributed by atoms with Crippen LogP contribution in [0.3, 0.4) is 0 Å². The number of nitrogens with zero attached hydrogens (tertiary/aromatic N) is 2. The second-order valence-electron chi connectivity index (χ2n) is 8.50. The Bertz CT molecular complexity index is 866. The first-order chi connectivity index (χ1) is 14.0. The summed E-state index contributed by atoms with van der Waals surface area (Å²) in [6.45, 7) is 5.99. The van der Waals surface area contributed by atoms with E-state index in [0.29, 0.717) is 10.0 Å². The van der Waals surface area contributed by atoms with Crippen molar-refractivity contribution in [3.63, 3.8) is 0 Å². The van der Waals surface area contributed by atoms with Crippen LogP contribution < -0.4 is 0 Å². The van der Waals surface area contributed by atoms with Crippen molar-refractivity contribution in [2.24, 2.45) is 0 Å². The van der Waals surface area contributed by atoms with E-state index in [1.54, 1.807) is 6.07 Å². The zero-order valence-corrected chi connectivity index (χ0v) is 18.4. The van der Waals surface area contributed by atoms with E-state index < -0.39 is 5.41 Å². The summed E-state index contributed by atoms with van der Waals surface area (Å²) in [5, 5.41) is 1.03. The van der Waals surface area contributed by atoms with Crippen LogP contribution in [-0.4, -0.2) is 41.9 Å². The summed E-state index contributed by atoms with van der Waals surface area (Å²) in [5.41, 5.74) is 1.59. The van der Waals surface area contributed by atoms with E-state index in [-0.39, 0.29) is 11.9 Å². The first kappa shape index (κ1) is 20.7. The molecule has 154 valence electrons. The van der Waals surface area contributed by atoms with E-state index in [1.807, 2.05) is 18.2 Å². The Morgan fingerprint density at radius 3 is 2.38 bits per heavy atom. The molecule has 2 aromatic rings. The Morgan fingerprint density at radius 1 is 0.966 bits per heavy atom. The molecule has 2 saturated heterocycles. The molecule has 0 aliphatic carbocycles. The summed E-state index contributed by atoms with van der Waals surface area (Å²) in [6.07, 6.45) is 4.30. The number of piperidine rings is 1. The maximum Gasteiger partial charge on any atom is 0.233 e. The number of hydrogen-bond acceptors (Lipinski definition) is 2. The Labute approximate surface area is 183 Å². The number of rotatable bonds is 5. The minimum absolute atomic E-state index is 0.0733. The zero-order valence-electron chi connectivity index (χ0n) is 16.9. The van der Waals surface area contributed by atoms with Gasteiger partial charge in [0.2, 0.25) is 5.91 Å². The molecule has 0 N–H and O–H groups in total. The lowest BCUT2D eigenvalue weighted by atomic mass is 9.74. The van der Waals surface area contributed by atoms with Crippen molar-refractivity contribution >= 4 is 29.1 Å². The van der Waals surface area contributed by atoms with Gasteiger partial charge in [0, 0.05) is 13.1 Å². The molecule has 0 saturated carbocycles. The number of carbonyl (C=O) groups excluding carboxylic acids is 1. The number of amides is 1. The Morgan fingerprint density at radius 2 is 1.69 bits per heavy atom. The fraction of sp³-hybridized carbons (Fsp3) is 0.458. The van der Waals surface area contributed by atoms with E-state index >= 15 is 0 Å². The van der Waals surface area contributed by atoms with E-state index in [1.165, 1.54) is 18.4 Å². The van der Waals surface area contributed by atoms with Crippen LogP contribution in [0.5, 0.6) is 0 Å². The summed E-state index contributed by atoms with van der Waals surface area (Å²) in [7, 11) is 0. The number of likely N-dealkylation sites (tertiary alicyclic amines) is 2. The fourth-order valence-corrected chi connectivity index (χ4v) is 5.10. The molecule has 3 nitrogen and oxygen atoms in total. The Hall–Kier alpha value is -1.55. The quantitative estimate of drug-likeness (QED) is 0.606. The predicted octanol–water partition coefficient (Wildman–Crippen LogP) is 5.71. The number of benzene rings is 2. The highest BCUT2D eigenvalue weighted by atomic mass is 35.5. The number of carbonyl (C=O) groups is 1. The zero-order chi connectivity index (χ0) is 20.4. The molecule has 1 amide bonds. The molecule has 2 atom stereocenters. The highest BCUT2D eigenvalue weighted by Gasteiger charge is 2.44. The van der Waals surface area contributed by atoms with Gasteiger partial charge in [-0.25, -0.2) is 0 Å². The first-order valence-corrected chi connectivity index (χ1v) is 11.3. The molecule has 2 aromatic carbocycles. The van der Waals surface area contributed by atoms with Crippen LogP contribution in [0, 0.1) is 0 Å². The van der Waals surface area contributed by atoms with Crippen molar-refractivity contribution in [1.29, 1.82) is 0 Å². The van der Waals surface area contributed by atoms with Crippen molar-refractivity contribution in [3.8, 4) is 0 Å². The van der Waals surface area contributed by atoms with Gasteiger partial charge >= 0.3 is 0 Å². The highest BCUT2D eigenvalue weighted by Crippen LogP contribution is 2.40. The van der Waals surface area contributed by atoms with Gasteiger partial charge in [0.25, 0.3) is 0 Å². The van der Waals surface area contributed by atoms with Gasteiger partial charge in [0.15, 0.2) is 0 Å². The van der Waals surface area contributed by atoms with E-state index in [2.05, 4.69) is 41.0 Å². The molecule has 5 heteroatoms. The maximum absolute atomic E-state index is 13.9. The predicted molar refractivity (Wildman–Crippen MR) is 120 cm³/mol. The smallest absolute Gasteiger partial charge is 0.233 e. The third kappa shape index (κ3) is 4.19. The Kier molecular flexibility index (Phi) is 6.19. The summed E-state index contributed by atoms with van der Waals surface area (Å²) in [6, 6.07) is 16.2. The SMILES string of the molecule is C[C@@]1(c2ccc(Cl)c(Cl)c2)CCCN(C(CN2CCCC2)c2ccccc2)C1=O. The lowest BCUT2D eigenvalue weighted by Gasteiger charge is -2.44. The first-order valence-electron chi connectivity index (χ1n) is 10.5. The molecular weight excluding hydrogens is 403 g/mol. The monoisotopic (exact) mass is 430 g/mol. The summed E-state index contributed by atoms with van der Waals surface area (Å²) >= 11 is 12.4. The van der Waals surface area contributed by atoms with Crippen LogP contribution in [-0.2, 0) is 10.2 Å². The van der Waals surface area contributed by atoms with Gasteiger partial charge in [0.1, 0.15) is 0 Å². The largest absolute Gasteiger partial charge is 0.334 e. The lowest BCUT2D eigenvalue weighted by Crippen LogP contribution is -2.52. The number of halogens is 2. The second kappa shape index (κ2) is 8.67. The summed E-state index contributed by atoms with van der Waals surface area (Å²) < 4.78 is 0. The average molecular weight is 431 g/mol. The van der Waals surface area contributed by atoms with E-state index in [4.69, 9.17) is 23.2 Å². The minimum atomic E-state index is -0.579. The van der Waals surface area contributed by atoms with Crippen molar-refractivity contribution in [3.05, 3.63) is 69.7 Å². The molecule has 29 heavy (non-hydrogen) atoms.